The first kappa shape index (κ1) is 8.90. The monoisotopic (exact) mass is 189 g/mol. The Morgan fingerprint density at radius 3 is 2.79 bits per heavy atom. The smallest absolute Gasteiger partial charge is 0.224 e. The van der Waals surface area contributed by atoms with Crippen LogP contribution in [0.1, 0.15) is 5.82 Å². The Kier molecular flexibility index (Phi) is 2.28. The van der Waals surface area contributed by atoms with Gasteiger partial charge in [0.15, 0.2) is 0 Å². The Bertz CT molecular complexity index is 456. The first-order chi connectivity index (χ1) is 6.85. The van der Waals surface area contributed by atoms with Crippen molar-refractivity contribution in [2.45, 2.75) is 6.54 Å². The van der Waals surface area contributed by atoms with Gasteiger partial charge >= 0.3 is 0 Å². The van der Waals surface area contributed by atoms with E-state index >= 15 is 0 Å². The van der Waals surface area contributed by atoms with Gasteiger partial charge in [0.2, 0.25) is 5.88 Å². The number of hydrogen-bond acceptors (Lipinski definition) is 4. The summed E-state index contributed by atoms with van der Waals surface area (Å²) < 4.78 is 5.16. The predicted octanol–water partition coefficient (Wildman–Crippen LogP) is 1.10. The largest absolute Gasteiger partial charge is 0.480 e. The Balaban J connectivity index is 2.73. The molecule has 2 aromatic rings. The molecule has 0 aliphatic carbocycles. The van der Waals surface area contributed by atoms with Crippen LogP contribution in [0.15, 0.2) is 24.3 Å². The zero-order valence-electron chi connectivity index (χ0n) is 7.90. The molecule has 1 heterocycles. The molecule has 0 aliphatic heterocycles. The second-order valence-electron chi connectivity index (χ2n) is 2.87. The van der Waals surface area contributed by atoms with Crippen molar-refractivity contribution in [2.24, 2.45) is 5.73 Å². The van der Waals surface area contributed by atoms with Crippen LogP contribution in [0.3, 0.4) is 0 Å². The topological polar surface area (TPSA) is 61.0 Å². The molecule has 0 aliphatic rings. The quantitative estimate of drug-likeness (QED) is 0.768. The average molecular weight is 189 g/mol. The average Bonchev–Trinajstić information content (AvgIpc) is 2.27. The molecule has 4 nitrogen and oxygen atoms in total. The minimum Gasteiger partial charge on any atom is -0.480 e. The maximum atomic E-state index is 5.48. The number of hydrogen-bond donors (Lipinski definition) is 1. The second-order valence-corrected chi connectivity index (χ2v) is 2.87. The zero-order chi connectivity index (χ0) is 9.97. The van der Waals surface area contributed by atoms with E-state index in [4.69, 9.17) is 10.5 Å². The third-order valence-corrected chi connectivity index (χ3v) is 1.99. The summed E-state index contributed by atoms with van der Waals surface area (Å²) in [5.41, 5.74) is 6.34. The van der Waals surface area contributed by atoms with Crippen LogP contribution in [0.25, 0.3) is 10.9 Å². The summed E-state index contributed by atoms with van der Waals surface area (Å²) in [5.74, 6) is 1.18. The number of nitrogens with zero attached hydrogens (tertiary/aromatic N) is 2. The molecule has 0 fully saturated rings. The van der Waals surface area contributed by atoms with E-state index < -0.39 is 0 Å². The second kappa shape index (κ2) is 3.59. The Morgan fingerprint density at radius 2 is 2.07 bits per heavy atom. The minimum atomic E-state index is 0.321. The number of rotatable bonds is 2. The summed E-state index contributed by atoms with van der Waals surface area (Å²) in [5, 5.41) is 0.909. The summed E-state index contributed by atoms with van der Waals surface area (Å²) in [7, 11) is 1.59. The number of aromatic nitrogens is 2. The molecule has 14 heavy (non-hydrogen) atoms. The van der Waals surface area contributed by atoms with Crippen LogP contribution in [0.2, 0.25) is 0 Å². The van der Waals surface area contributed by atoms with E-state index in [1.54, 1.807) is 7.11 Å². The molecule has 72 valence electrons. The number of methoxy groups -OCH3 is 1. The van der Waals surface area contributed by atoms with E-state index in [9.17, 15) is 0 Å². The van der Waals surface area contributed by atoms with Crippen molar-refractivity contribution in [1.82, 2.24) is 9.97 Å². The Hall–Kier alpha value is -1.68. The third-order valence-electron chi connectivity index (χ3n) is 1.99. The van der Waals surface area contributed by atoms with E-state index in [1.807, 2.05) is 24.3 Å². The highest BCUT2D eigenvalue weighted by atomic mass is 16.5. The van der Waals surface area contributed by atoms with E-state index in [-0.39, 0.29) is 0 Å². The molecule has 0 amide bonds. The fourth-order valence-corrected chi connectivity index (χ4v) is 1.34. The van der Waals surface area contributed by atoms with Gasteiger partial charge in [0, 0.05) is 0 Å². The fourth-order valence-electron chi connectivity index (χ4n) is 1.34. The predicted molar refractivity (Wildman–Crippen MR) is 54.0 cm³/mol. The van der Waals surface area contributed by atoms with Crippen LogP contribution >= 0.6 is 0 Å². The molecule has 0 saturated carbocycles. The molecule has 4 heteroatoms. The number of benzene rings is 1. The standard InChI is InChI=1S/C10H11N3O/c1-14-10-7-4-2-3-5-8(7)12-9(6-11)13-10/h2-5H,6,11H2,1H3. The van der Waals surface area contributed by atoms with Gasteiger partial charge in [0.05, 0.1) is 24.6 Å². The molecule has 1 aromatic heterocycles. The number of ether oxygens (including phenoxy) is 1. The molecule has 1 aromatic carbocycles. The highest BCUT2D eigenvalue weighted by Crippen LogP contribution is 2.21. The lowest BCUT2D eigenvalue weighted by Gasteiger charge is -2.05. The van der Waals surface area contributed by atoms with Gasteiger partial charge in [0.25, 0.3) is 0 Å². The van der Waals surface area contributed by atoms with E-state index in [1.165, 1.54) is 0 Å². The van der Waals surface area contributed by atoms with Gasteiger partial charge in [0.1, 0.15) is 5.82 Å². The lowest BCUT2D eigenvalue weighted by atomic mass is 10.2. The van der Waals surface area contributed by atoms with E-state index in [0.29, 0.717) is 18.2 Å². The van der Waals surface area contributed by atoms with Crippen LogP contribution in [0, 0.1) is 0 Å². The molecule has 0 atom stereocenters. The Labute approximate surface area is 81.7 Å². The minimum absolute atomic E-state index is 0.321. The molecule has 0 unspecified atom stereocenters. The number of fused-ring (bicyclic) bond motifs is 1. The molecule has 2 N–H and O–H groups in total. The normalized spacial score (nSPS) is 10.4. The van der Waals surface area contributed by atoms with Gasteiger partial charge in [-0.25, -0.2) is 4.98 Å². The number of nitrogens with two attached hydrogens (primary N) is 1. The lowest BCUT2D eigenvalue weighted by Crippen LogP contribution is -2.04. The van der Waals surface area contributed by atoms with Gasteiger partial charge in [-0.1, -0.05) is 12.1 Å². The lowest BCUT2D eigenvalue weighted by molar-refractivity contribution is 0.401. The summed E-state index contributed by atoms with van der Waals surface area (Å²) in [4.78, 5) is 8.47. The molecule has 0 saturated heterocycles. The molecule has 2 rings (SSSR count). The van der Waals surface area contributed by atoms with Crippen molar-refractivity contribution in [3.63, 3.8) is 0 Å². The molecule has 0 radical (unpaired) electrons. The zero-order valence-corrected chi connectivity index (χ0v) is 7.90. The molecule has 0 bridgehead atoms. The molecular formula is C10H11N3O. The third kappa shape index (κ3) is 1.40. The Morgan fingerprint density at radius 1 is 1.29 bits per heavy atom. The van der Waals surface area contributed by atoms with Crippen molar-refractivity contribution < 1.29 is 4.74 Å². The maximum absolute atomic E-state index is 5.48. The van der Waals surface area contributed by atoms with Gasteiger partial charge in [-0.2, -0.15) is 4.98 Å². The summed E-state index contributed by atoms with van der Waals surface area (Å²) in [6, 6.07) is 7.69. The fraction of sp³-hybridized carbons (Fsp3) is 0.200. The first-order valence-corrected chi connectivity index (χ1v) is 4.35. The van der Waals surface area contributed by atoms with Crippen molar-refractivity contribution in [2.75, 3.05) is 7.11 Å². The highest BCUT2D eigenvalue weighted by Gasteiger charge is 2.05. The highest BCUT2D eigenvalue weighted by molar-refractivity contribution is 5.83. The van der Waals surface area contributed by atoms with Crippen LogP contribution in [0.4, 0.5) is 0 Å². The van der Waals surface area contributed by atoms with Crippen LogP contribution in [0.5, 0.6) is 5.88 Å². The van der Waals surface area contributed by atoms with Crippen LogP contribution in [-0.2, 0) is 6.54 Å². The van der Waals surface area contributed by atoms with Gasteiger partial charge in [-0.05, 0) is 12.1 Å². The SMILES string of the molecule is COc1nc(CN)nc2ccccc12. The van der Waals surface area contributed by atoms with Crippen molar-refractivity contribution in [3.05, 3.63) is 30.1 Å². The van der Waals surface area contributed by atoms with Crippen molar-refractivity contribution in [1.29, 1.82) is 0 Å². The number of para-hydroxylation sites is 1. The van der Waals surface area contributed by atoms with E-state index in [2.05, 4.69) is 9.97 Å². The van der Waals surface area contributed by atoms with E-state index in [0.717, 1.165) is 10.9 Å². The first-order valence-electron chi connectivity index (χ1n) is 4.35. The van der Waals surface area contributed by atoms with Gasteiger partial charge < -0.3 is 10.5 Å². The summed E-state index contributed by atoms with van der Waals surface area (Å²) >= 11 is 0. The summed E-state index contributed by atoms with van der Waals surface area (Å²) in [6.45, 7) is 0.321. The summed E-state index contributed by atoms with van der Waals surface area (Å²) in [6.07, 6.45) is 0. The van der Waals surface area contributed by atoms with Gasteiger partial charge in [-0.15, -0.1) is 0 Å². The van der Waals surface area contributed by atoms with Crippen molar-refractivity contribution >= 4 is 10.9 Å². The van der Waals surface area contributed by atoms with Crippen molar-refractivity contribution in [3.8, 4) is 5.88 Å². The van der Waals surface area contributed by atoms with Crippen LogP contribution in [-0.4, -0.2) is 17.1 Å². The molecule has 0 spiro atoms. The van der Waals surface area contributed by atoms with Gasteiger partial charge in [-0.3, -0.25) is 0 Å². The maximum Gasteiger partial charge on any atom is 0.224 e. The van der Waals surface area contributed by atoms with Crippen LogP contribution < -0.4 is 10.5 Å². The molecular weight excluding hydrogens is 178 g/mol.